The standard InChI is InChI=1S/C22H24N4O2/c1-14-4-8-16(9-5-14)20-24-22(28-25-20)19-12-18(13-26(19)3)23-21(27)17-10-6-15(2)7-11-17/h4-11,18-19H,12-13H2,1-3H3,(H,23,27)/t18-,19-/m0/s1. The minimum absolute atomic E-state index is 0.00461. The monoisotopic (exact) mass is 376 g/mol. The van der Waals surface area contributed by atoms with Crippen molar-refractivity contribution in [1.82, 2.24) is 20.4 Å². The van der Waals surface area contributed by atoms with Gasteiger partial charge in [0.15, 0.2) is 0 Å². The summed E-state index contributed by atoms with van der Waals surface area (Å²) in [4.78, 5) is 19.2. The summed E-state index contributed by atoms with van der Waals surface area (Å²) >= 11 is 0. The number of likely N-dealkylation sites (tertiary alicyclic amines) is 1. The molecule has 6 heteroatoms. The molecule has 0 bridgehead atoms. The number of rotatable bonds is 4. The molecule has 0 unspecified atom stereocenters. The van der Waals surface area contributed by atoms with Crippen LogP contribution in [0.1, 0.15) is 39.8 Å². The number of amides is 1. The molecule has 0 saturated carbocycles. The molecule has 1 fully saturated rings. The molecule has 0 aliphatic carbocycles. The first kappa shape index (κ1) is 18.4. The van der Waals surface area contributed by atoms with Gasteiger partial charge in [-0.1, -0.05) is 52.7 Å². The van der Waals surface area contributed by atoms with Gasteiger partial charge in [0.25, 0.3) is 5.91 Å². The van der Waals surface area contributed by atoms with E-state index in [2.05, 4.69) is 20.4 Å². The highest BCUT2D eigenvalue weighted by Crippen LogP contribution is 2.31. The number of nitrogens with one attached hydrogen (secondary N) is 1. The number of aromatic nitrogens is 2. The summed E-state index contributed by atoms with van der Waals surface area (Å²) in [6, 6.07) is 15.7. The first-order valence-corrected chi connectivity index (χ1v) is 9.48. The van der Waals surface area contributed by atoms with E-state index in [1.165, 1.54) is 5.56 Å². The van der Waals surface area contributed by atoms with Crippen molar-refractivity contribution >= 4 is 5.91 Å². The van der Waals surface area contributed by atoms with Crippen LogP contribution in [-0.4, -0.2) is 40.6 Å². The number of aryl methyl sites for hydroxylation is 2. The Balaban J connectivity index is 1.43. The average Bonchev–Trinajstić information content (AvgIpc) is 3.29. The molecule has 1 saturated heterocycles. The fourth-order valence-electron chi connectivity index (χ4n) is 3.56. The predicted octanol–water partition coefficient (Wildman–Crippen LogP) is 3.53. The van der Waals surface area contributed by atoms with Gasteiger partial charge in [0.1, 0.15) is 0 Å². The van der Waals surface area contributed by atoms with Gasteiger partial charge in [-0.05, 0) is 39.4 Å². The second-order valence-corrected chi connectivity index (χ2v) is 7.55. The third kappa shape index (κ3) is 3.82. The molecule has 2 aromatic carbocycles. The van der Waals surface area contributed by atoms with E-state index in [4.69, 9.17) is 4.52 Å². The van der Waals surface area contributed by atoms with E-state index in [-0.39, 0.29) is 18.0 Å². The van der Waals surface area contributed by atoms with Crippen LogP contribution in [0.4, 0.5) is 0 Å². The SMILES string of the molecule is Cc1ccc(C(=O)N[C@H]2C[C@@H](c3nc(-c4ccc(C)cc4)no3)N(C)C2)cc1. The van der Waals surface area contributed by atoms with E-state index < -0.39 is 0 Å². The molecule has 6 nitrogen and oxygen atoms in total. The van der Waals surface area contributed by atoms with E-state index in [1.807, 2.05) is 69.4 Å². The lowest BCUT2D eigenvalue weighted by molar-refractivity contribution is 0.0938. The second kappa shape index (κ2) is 7.56. The molecule has 0 radical (unpaired) electrons. The summed E-state index contributed by atoms with van der Waals surface area (Å²) < 4.78 is 5.54. The quantitative estimate of drug-likeness (QED) is 0.754. The summed E-state index contributed by atoms with van der Waals surface area (Å²) in [5.41, 5.74) is 3.94. The zero-order valence-corrected chi connectivity index (χ0v) is 16.3. The number of hydrogen-bond donors (Lipinski definition) is 1. The zero-order valence-electron chi connectivity index (χ0n) is 16.3. The number of carbonyl (C=O) groups is 1. The Morgan fingerprint density at radius 1 is 1.07 bits per heavy atom. The van der Waals surface area contributed by atoms with Crippen molar-refractivity contribution in [3.05, 3.63) is 71.1 Å². The number of nitrogens with zero attached hydrogens (tertiary/aromatic N) is 3. The normalized spacial score (nSPS) is 19.7. The third-order valence-electron chi connectivity index (χ3n) is 5.23. The van der Waals surface area contributed by atoms with Crippen LogP contribution in [0.25, 0.3) is 11.4 Å². The number of carbonyl (C=O) groups excluding carboxylic acids is 1. The maximum Gasteiger partial charge on any atom is 0.251 e. The lowest BCUT2D eigenvalue weighted by atomic mass is 10.1. The Bertz CT molecular complexity index is 963. The van der Waals surface area contributed by atoms with Crippen molar-refractivity contribution < 1.29 is 9.32 Å². The molecule has 2 heterocycles. The highest BCUT2D eigenvalue weighted by molar-refractivity contribution is 5.94. The molecule has 1 N–H and O–H groups in total. The highest BCUT2D eigenvalue weighted by Gasteiger charge is 2.35. The first-order chi connectivity index (χ1) is 13.5. The molecule has 28 heavy (non-hydrogen) atoms. The van der Waals surface area contributed by atoms with Crippen LogP contribution in [-0.2, 0) is 0 Å². The number of hydrogen-bond acceptors (Lipinski definition) is 5. The van der Waals surface area contributed by atoms with Crippen molar-refractivity contribution in [2.75, 3.05) is 13.6 Å². The van der Waals surface area contributed by atoms with E-state index in [0.717, 1.165) is 24.1 Å². The van der Waals surface area contributed by atoms with Crippen LogP contribution in [0.2, 0.25) is 0 Å². The van der Waals surface area contributed by atoms with Gasteiger partial charge in [-0.3, -0.25) is 9.69 Å². The summed E-state index contributed by atoms with van der Waals surface area (Å²) in [6.07, 6.45) is 0.740. The maximum atomic E-state index is 12.5. The number of benzene rings is 2. The summed E-state index contributed by atoms with van der Waals surface area (Å²) in [5.74, 6) is 1.13. The summed E-state index contributed by atoms with van der Waals surface area (Å²) in [7, 11) is 2.01. The van der Waals surface area contributed by atoms with Crippen LogP contribution in [0, 0.1) is 13.8 Å². The second-order valence-electron chi connectivity index (χ2n) is 7.55. The molecule has 1 amide bonds. The fourth-order valence-corrected chi connectivity index (χ4v) is 3.56. The van der Waals surface area contributed by atoms with E-state index in [0.29, 0.717) is 17.3 Å². The smallest absolute Gasteiger partial charge is 0.251 e. The van der Waals surface area contributed by atoms with Crippen molar-refractivity contribution in [2.45, 2.75) is 32.4 Å². The third-order valence-corrected chi connectivity index (χ3v) is 5.23. The van der Waals surface area contributed by atoms with E-state index in [9.17, 15) is 4.79 Å². The Kier molecular flexibility index (Phi) is 4.96. The average molecular weight is 376 g/mol. The van der Waals surface area contributed by atoms with E-state index >= 15 is 0 Å². The zero-order chi connectivity index (χ0) is 19.7. The van der Waals surface area contributed by atoms with Gasteiger partial charge >= 0.3 is 0 Å². The van der Waals surface area contributed by atoms with Crippen LogP contribution in [0.15, 0.2) is 53.1 Å². The van der Waals surface area contributed by atoms with Gasteiger partial charge in [-0.15, -0.1) is 0 Å². The molecule has 1 aliphatic heterocycles. The van der Waals surface area contributed by atoms with Crippen molar-refractivity contribution in [3.63, 3.8) is 0 Å². The Hall–Kier alpha value is -2.99. The molecule has 144 valence electrons. The Labute approximate surface area is 164 Å². The molecule has 1 aromatic heterocycles. The topological polar surface area (TPSA) is 71.3 Å². The van der Waals surface area contributed by atoms with Gasteiger partial charge < -0.3 is 9.84 Å². The molecule has 2 atom stereocenters. The van der Waals surface area contributed by atoms with Crippen LogP contribution < -0.4 is 5.32 Å². The Morgan fingerprint density at radius 2 is 1.71 bits per heavy atom. The molecular formula is C22H24N4O2. The Morgan fingerprint density at radius 3 is 2.39 bits per heavy atom. The highest BCUT2D eigenvalue weighted by atomic mass is 16.5. The molecule has 0 spiro atoms. The molecular weight excluding hydrogens is 352 g/mol. The maximum absolute atomic E-state index is 12.5. The summed E-state index contributed by atoms with van der Waals surface area (Å²) in [6.45, 7) is 4.79. The minimum atomic E-state index is -0.0510. The van der Waals surface area contributed by atoms with Gasteiger partial charge in [0.05, 0.1) is 6.04 Å². The lowest BCUT2D eigenvalue weighted by Gasteiger charge is -2.14. The van der Waals surface area contributed by atoms with Gasteiger partial charge in [0.2, 0.25) is 11.7 Å². The van der Waals surface area contributed by atoms with Crippen molar-refractivity contribution in [2.24, 2.45) is 0 Å². The predicted molar refractivity (Wildman–Crippen MR) is 107 cm³/mol. The van der Waals surface area contributed by atoms with Gasteiger partial charge in [-0.2, -0.15) is 4.98 Å². The van der Waals surface area contributed by atoms with Crippen LogP contribution in [0.3, 0.4) is 0 Å². The van der Waals surface area contributed by atoms with Crippen molar-refractivity contribution in [1.29, 1.82) is 0 Å². The molecule has 4 rings (SSSR count). The fraction of sp³-hybridized carbons (Fsp3) is 0.318. The number of likely N-dealkylation sites (N-methyl/N-ethyl adjacent to an activating group) is 1. The van der Waals surface area contributed by atoms with Gasteiger partial charge in [0, 0.05) is 23.7 Å². The van der Waals surface area contributed by atoms with E-state index in [1.54, 1.807) is 0 Å². The van der Waals surface area contributed by atoms with Crippen molar-refractivity contribution in [3.8, 4) is 11.4 Å². The lowest BCUT2D eigenvalue weighted by Crippen LogP contribution is -2.36. The van der Waals surface area contributed by atoms with Crippen LogP contribution in [0.5, 0.6) is 0 Å². The van der Waals surface area contributed by atoms with Gasteiger partial charge in [-0.25, -0.2) is 0 Å². The first-order valence-electron chi connectivity index (χ1n) is 9.48. The van der Waals surface area contributed by atoms with Crippen LogP contribution >= 0.6 is 0 Å². The summed E-state index contributed by atoms with van der Waals surface area (Å²) in [5, 5.41) is 7.26. The minimum Gasteiger partial charge on any atom is -0.348 e. The largest absolute Gasteiger partial charge is 0.348 e. The molecule has 3 aromatic rings. The molecule has 1 aliphatic rings.